The summed E-state index contributed by atoms with van der Waals surface area (Å²) in [7, 11) is -3.84. The molecule has 9 nitrogen and oxygen atoms in total. The largest absolute Gasteiger partial charge is 0.456 e. The standard InChI is InChI=1S/C22H23N3O6S/c1-22(21(27)24-28,32(2,29)30)10-13-25-12-9-17(14-20(25)26)16-5-7-18(8-6-16)31-19-4-3-11-23-15-19/h3-9,11-12,14-15,28H,10,13H2,1-2H3,(H,24,27). The predicted octanol–water partition coefficient (Wildman–Crippen LogP) is 2.40. The number of benzene rings is 1. The number of aryl methyl sites for hydroxylation is 1. The lowest BCUT2D eigenvalue weighted by Crippen LogP contribution is -2.49. The SMILES string of the molecule is CC(CCn1ccc(-c2ccc(Oc3cccnc3)cc2)cc1=O)(C(=O)NO)S(C)(=O)=O. The Kier molecular flexibility index (Phi) is 6.75. The van der Waals surface area contributed by atoms with Crippen molar-refractivity contribution in [3.05, 3.63) is 77.5 Å². The highest BCUT2D eigenvalue weighted by Crippen LogP contribution is 2.25. The van der Waals surface area contributed by atoms with Gasteiger partial charge in [-0.05, 0) is 54.8 Å². The van der Waals surface area contributed by atoms with Crippen molar-refractivity contribution in [1.29, 1.82) is 0 Å². The Bertz CT molecular complexity index is 1260. The molecule has 1 atom stereocenters. The number of sulfone groups is 1. The smallest absolute Gasteiger partial charge is 0.264 e. The number of hydrogen-bond acceptors (Lipinski definition) is 7. The third-order valence-corrected chi connectivity index (χ3v) is 7.31. The summed E-state index contributed by atoms with van der Waals surface area (Å²) in [5.74, 6) is 0.189. The monoisotopic (exact) mass is 457 g/mol. The van der Waals surface area contributed by atoms with Gasteiger partial charge in [-0.2, -0.15) is 0 Å². The Labute approximate surface area is 185 Å². The van der Waals surface area contributed by atoms with Crippen molar-refractivity contribution in [2.24, 2.45) is 0 Å². The first-order valence-electron chi connectivity index (χ1n) is 9.67. The average Bonchev–Trinajstić information content (AvgIpc) is 2.78. The van der Waals surface area contributed by atoms with Crippen LogP contribution in [0.4, 0.5) is 0 Å². The first-order chi connectivity index (χ1) is 15.1. The van der Waals surface area contributed by atoms with E-state index in [0.717, 1.165) is 11.8 Å². The number of carbonyl (C=O) groups excluding carboxylic acids is 1. The van der Waals surface area contributed by atoms with Gasteiger partial charge < -0.3 is 9.30 Å². The molecule has 0 saturated carbocycles. The van der Waals surface area contributed by atoms with E-state index in [0.29, 0.717) is 17.1 Å². The molecule has 1 amide bonds. The minimum Gasteiger partial charge on any atom is -0.456 e. The molecule has 0 bridgehead atoms. The van der Waals surface area contributed by atoms with E-state index in [1.165, 1.54) is 29.2 Å². The summed E-state index contributed by atoms with van der Waals surface area (Å²) in [6, 6.07) is 13.9. The third-order valence-electron chi connectivity index (χ3n) is 5.28. The molecule has 2 N–H and O–H groups in total. The van der Waals surface area contributed by atoms with Gasteiger partial charge in [-0.15, -0.1) is 0 Å². The number of ether oxygens (including phenoxy) is 1. The Hall–Kier alpha value is -3.50. The summed E-state index contributed by atoms with van der Waals surface area (Å²) in [5, 5.41) is 8.91. The molecule has 0 spiro atoms. The highest BCUT2D eigenvalue weighted by atomic mass is 32.2. The van der Waals surface area contributed by atoms with Gasteiger partial charge in [-0.3, -0.25) is 19.8 Å². The summed E-state index contributed by atoms with van der Waals surface area (Å²) in [4.78, 5) is 28.5. The van der Waals surface area contributed by atoms with Crippen LogP contribution in [0.15, 0.2) is 71.9 Å². The van der Waals surface area contributed by atoms with Gasteiger partial charge in [-0.25, -0.2) is 13.9 Å². The number of nitrogens with one attached hydrogen (secondary N) is 1. The van der Waals surface area contributed by atoms with Crippen LogP contribution in [0.2, 0.25) is 0 Å². The average molecular weight is 458 g/mol. The fourth-order valence-electron chi connectivity index (χ4n) is 3.05. The highest BCUT2D eigenvalue weighted by Gasteiger charge is 2.43. The zero-order valence-corrected chi connectivity index (χ0v) is 18.4. The van der Waals surface area contributed by atoms with Crippen LogP contribution in [0.3, 0.4) is 0 Å². The summed E-state index contributed by atoms with van der Waals surface area (Å²) in [6.07, 6.45) is 5.53. The zero-order chi connectivity index (χ0) is 23.4. The Morgan fingerprint density at radius 2 is 1.88 bits per heavy atom. The second-order valence-corrected chi connectivity index (χ2v) is 9.90. The maximum absolute atomic E-state index is 12.6. The predicted molar refractivity (Wildman–Crippen MR) is 118 cm³/mol. The van der Waals surface area contributed by atoms with Crippen molar-refractivity contribution < 1.29 is 23.2 Å². The molecule has 2 heterocycles. The van der Waals surface area contributed by atoms with Crippen molar-refractivity contribution in [1.82, 2.24) is 15.0 Å². The Morgan fingerprint density at radius 1 is 1.16 bits per heavy atom. The van der Waals surface area contributed by atoms with Crippen LogP contribution in [0, 0.1) is 0 Å². The summed E-state index contributed by atoms with van der Waals surface area (Å²) >= 11 is 0. The fourth-order valence-corrected chi connectivity index (χ4v) is 3.89. The lowest BCUT2D eigenvalue weighted by Gasteiger charge is -2.25. The Balaban J connectivity index is 1.75. The van der Waals surface area contributed by atoms with Gasteiger partial charge in [0.1, 0.15) is 11.5 Å². The molecule has 168 valence electrons. The van der Waals surface area contributed by atoms with Gasteiger partial charge >= 0.3 is 0 Å². The van der Waals surface area contributed by atoms with Gasteiger partial charge in [-0.1, -0.05) is 12.1 Å². The number of hydroxylamine groups is 1. The molecule has 32 heavy (non-hydrogen) atoms. The van der Waals surface area contributed by atoms with Crippen LogP contribution in [0.5, 0.6) is 11.5 Å². The number of rotatable bonds is 8. The molecule has 3 rings (SSSR count). The molecule has 10 heteroatoms. The van der Waals surface area contributed by atoms with Gasteiger partial charge in [0.05, 0.1) is 6.20 Å². The van der Waals surface area contributed by atoms with E-state index in [1.54, 1.807) is 42.7 Å². The van der Waals surface area contributed by atoms with Crippen molar-refractivity contribution >= 4 is 15.7 Å². The van der Waals surface area contributed by atoms with Gasteiger partial charge in [0.2, 0.25) is 0 Å². The number of aromatic nitrogens is 2. The molecule has 0 radical (unpaired) electrons. The van der Waals surface area contributed by atoms with Crippen molar-refractivity contribution in [3.8, 4) is 22.6 Å². The van der Waals surface area contributed by atoms with Crippen molar-refractivity contribution in [3.63, 3.8) is 0 Å². The third kappa shape index (κ3) is 5.04. The van der Waals surface area contributed by atoms with Crippen LogP contribution < -0.4 is 15.8 Å². The first kappa shape index (κ1) is 23.2. The van der Waals surface area contributed by atoms with Crippen LogP contribution in [-0.4, -0.2) is 40.1 Å². The van der Waals surface area contributed by atoms with E-state index >= 15 is 0 Å². The van der Waals surface area contributed by atoms with Crippen LogP contribution in [0.1, 0.15) is 13.3 Å². The molecule has 3 aromatic rings. The summed E-state index contributed by atoms with van der Waals surface area (Å²) in [6.45, 7) is 1.19. The van der Waals surface area contributed by atoms with E-state index in [2.05, 4.69) is 4.98 Å². The van der Waals surface area contributed by atoms with Gasteiger partial charge in [0, 0.05) is 31.3 Å². The second-order valence-electron chi connectivity index (χ2n) is 7.46. The number of hydrogen-bond donors (Lipinski definition) is 2. The lowest BCUT2D eigenvalue weighted by atomic mass is 10.1. The molecular weight excluding hydrogens is 434 g/mol. The fraction of sp³-hybridized carbons (Fsp3) is 0.227. The molecule has 1 unspecified atom stereocenters. The van der Waals surface area contributed by atoms with Gasteiger partial charge in [0.15, 0.2) is 14.6 Å². The number of amides is 1. The van der Waals surface area contributed by atoms with E-state index in [4.69, 9.17) is 9.94 Å². The molecular formula is C22H23N3O6S. The quantitative estimate of drug-likeness (QED) is 0.393. The van der Waals surface area contributed by atoms with E-state index in [-0.39, 0.29) is 18.5 Å². The minimum atomic E-state index is -3.84. The lowest BCUT2D eigenvalue weighted by molar-refractivity contribution is -0.131. The molecule has 0 aliphatic carbocycles. The maximum Gasteiger partial charge on any atom is 0.264 e. The number of pyridine rings is 2. The van der Waals surface area contributed by atoms with Crippen LogP contribution in [0.25, 0.3) is 11.1 Å². The Morgan fingerprint density at radius 3 is 2.44 bits per heavy atom. The van der Waals surface area contributed by atoms with Gasteiger partial charge in [0.25, 0.3) is 11.5 Å². The van der Waals surface area contributed by atoms with E-state index < -0.39 is 20.5 Å². The summed E-state index contributed by atoms with van der Waals surface area (Å²) < 4.78 is 29.3. The molecule has 1 aromatic carbocycles. The highest BCUT2D eigenvalue weighted by molar-refractivity contribution is 7.92. The molecule has 0 fully saturated rings. The first-order valence-corrected chi connectivity index (χ1v) is 11.6. The maximum atomic E-state index is 12.6. The topological polar surface area (TPSA) is 128 Å². The van der Waals surface area contributed by atoms with Crippen LogP contribution in [-0.2, 0) is 21.2 Å². The van der Waals surface area contributed by atoms with Crippen molar-refractivity contribution in [2.75, 3.05) is 6.26 Å². The molecule has 0 aliphatic heterocycles. The number of nitrogens with zero attached hydrogens (tertiary/aromatic N) is 2. The minimum absolute atomic E-state index is 0.0198. The number of carbonyl (C=O) groups is 1. The van der Waals surface area contributed by atoms with E-state index in [9.17, 15) is 18.0 Å². The zero-order valence-electron chi connectivity index (χ0n) is 17.6. The molecule has 0 aliphatic rings. The van der Waals surface area contributed by atoms with E-state index in [1.807, 2.05) is 12.1 Å². The van der Waals surface area contributed by atoms with Crippen molar-refractivity contribution in [2.45, 2.75) is 24.6 Å². The summed E-state index contributed by atoms with van der Waals surface area (Å²) in [5.41, 5.74) is 2.52. The normalized spacial score (nSPS) is 13.2. The molecule has 2 aromatic heterocycles. The van der Waals surface area contributed by atoms with Crippen LogP contribution >= 0.6 is 0 Å². The molecule has 0 saturated heterocycles. The second kappa shape index (κ2) is 9.33.